The topological polar surface area (TPSA) is 54.4 Å². The van der Waals surface area contributed by atoms with Crippen LogP contribution in [-0.4, -0.2) is 28.5 Å². The first-order valence-corrected chi connectivity index (χ1v) is 6.37. The van der Waals surface area contributed by atoms with Crippen molar-refractivity contribution >= 4 is 22.9 Å². The molecule has 1 aliphatic heterocycles. The van der Waals surface area contributed by atoms with Crippen molar-refractivity contribution in [3.8, 4) is 0 Å². The number of ether oxygens (including phenoxy) is 1. The molecule has 1 fully saturated rings. The third kappa shape index (κ3) is 2.93. The molecule has 1 saturated heterocycles. The molecule has 1 aromatic heterocycles. The number of halogens is 1. The second kappa shape index (κ2) is 4.58. The summed E-state index contributed by atoms with van der Waals surface area (Å²) in [6.07, 6.45) is 1.71. The fourth-order valence-corrected chi connectivity index (χ4v) is 2.77. The van der Waals surface area contributed by atoms with Crippen LogP contribution in [0.1, 0.15) is 31.2 Å². The molecule has 0 unspecified atom stereocenters. The van der Waals surface area contributed by atoms with Gasteiger partial charge in [-0.05, 0) is 20.3 Å². The normalized spacial score (nSPS) is 25.9. The van der Waals surface area contributed by atoms with E-state index in [-0.39, 0.29) is 11.8 Å². The Hall–Kier alpha value is -0.200. The molecule has 2 rings (SSSR count). The van der Waals surface area contributed by atoms with Gasteiger partial charge in [-0.15, -0.1) is 11.3 Å². The number of aromatic nitrogens is 1. The zero-order valence-electron chi connectivity index (χ0n) is 9.24. The number of aliphatic hydroxyl groups excluding tert-OH is 1. The van der Waals surface area contributed by atoms with Crippen LogP contribution in [0.15, 0.2) is 6.20 Å². The number of nitrogens with one attached hydrogen (secondary N) is 1. The molecule has 90 valence electrons. The molecule has 0 spiro atoms. The van der Waals surface area contributed by atoms with E-state index in [4.69, 9.17) is 16.3 Å². The molecular weight excluding hydrogens is 248 g/mol. The van der Waals surface area contributed by atoms with Gasteiger partial charge >= 0.3 is 0 Å². The molecule has 0 saturated carbocycles. The van der Waals surface area contributed by atoms with Crippen LogP contribution in [0.4, 0.5) is 0 Å². The van der Waals surface area contributed by atoms with Crippen molar-refractivity contribution in [3.05, 3.63) is 15.5 Å². The number of thiazole rings is 1. The van der Waals surface area contributed by atoms with Gasteiger partial charge in [0.25, 0.3) is 0 Å². The third-order valence-electron chi connectivity index (χ3n) is 2.53. The zero-order valence-corrected chi connectivity index (χ0v) is 10.8. The van der Waals surface area contributed by atoms with Crippen molar-refractivity contribution in [2.45, 2.75) is 38.1 Å². The van der Waals surface area contributed by atoms with Crippen LogP contribution in [-0.2, 0) is 4.74 Å². The minimum absolute atomic E-state index is 0.172. The predicted octanol–water partition coefficient (Wildman–Crippen LogP) is 1.94. The average molecular weight is 263 g/mol. The lowest BCUT2D eigenvalue weighted by molar-refractivity contribution is 0.0229. The van der Waals surface area contributed by atoms with Crippen molar-refractivity contribution < 1.29 is 9.84 Å². The third-order valence-corrected chi connectivity index (χ3v) is 3.74. The van der Waals surface area contributed by atoms with E-state index in [1.54, 1.807) is 6.20 Å². The first-order chi connectivity index (χ1) is 7.46. The van der Waals surface area contributed by atoms with Gasteiger partial charge in [0, 0.05) is 12.2 Å². The molecule has 1 aliphatic rings. The SMILES string of the molecule is CC1(C)N[C@@H](C[C@@H](O)c2cnc(Cl)s2)CO1. The Morgan fingerprint density at radius 3 is 3.06 bits per heavy atom. The first-order valence-electron chi connectivity index (χ1n) is 5.17. The molecule has 6 heteroatoms. The highest BCUT2D eigenvalue weighted by atomic mass is 35.5. The Labute approximate surface area is 104 Å². The number of hydrogen-bond donors (Lipinski definition) is 2. The zero-order chi connectivity index (χ0) is 11.8. The summed E-state index contributed by atoms with van der Waals surface area (Å²) in [5.74, 6) is 0. The van der Waals surface area contributed by atoms with Gasteiger partial charge < -0.3 is 9.84 Å². The van der Waals surface area contributed by atoms with Gasteiger partial charge in [-0.3, -0.25) is 5.32 Å². The summed E-state index contributed by atoms with van der Waals surface area (Å²) < 4.78 is 6.00. The van der Waals surface area contributed by atoms with Gasteiger partial charge in [-0.1, -0.05) is 11.6 Å². The van der Waals surface area contributed by atoms with Gasteiger partial charge in [0.15, 0.2) is 4.47 Å². The molecule has 0 bridgehead atoms. The highest BCUT2D eigenvalue weighted by Crippen LogP contribution is 2.28. The van der Waals surface area contributed by atoms with Crippen LogP contribution in [0.25, 0.3) is 0 Å². The van der Waals surface area contributed by atoms with Gasteiger partial charge in [-0.25, -0.2) is 4.98 Å². The molecule has 2 atom stereocenters. The van der Waals surface area contributed by atoms with Gasteiger partial charge in [0.1, 0.15) is 5.72 Å². The van der Waals surface area contributed by atoms with Crippen LogP contribution in [0.2, 0.25) is 4.47 Å². The number of hydrogen-bond acceptors (Lipinski definition) is 5. The van der Waals surface area contributed by atoms with Crippen LogP contribution >= 0.6 is 22.9 Å². The molecule has 2 N–H and O–H groups in total. The maximum atomic E-state index is 9.98. The lowest BCUT2D eigenvalue weighted by Crippen LogP contribution is -2.38. The molecule has 0 aliphatic carbocycles. The van der Waals surface area contributed by atoms with E-state index in [9.17, 15) is 5.11 Å². The summed E-state index contributed by atoms with van der Waals surface area (Å²) in [5.41, 5.74) is -0.296. The van der Waals surface area contributed by atoms with E-state index >= 15 is 0 Å². The largest absolute Gasteiger partial charge is 0.387 e. The Balaban J connectivity index is 1.91. The van der Waals surface area contributed by atoms with E-state index in [1.807, 2.05) is 13.8 Å². The monoisotopic (exact) mass is 262 g/mol. The van der Waals surface area contributed by atoms with Gasteiger partial charge in [0.05, 0.1) is 17.6 Å². The van der Waals surface area contributed by atoms with Crippen LogP contribution in [0.3, 0.4) is 0 Å². The highest BCUT2D eigenvalue weighted by Gasteiger charge is 2.32. The van der Waals surface area contributed by atoms with Crippen LogP contribution in [0.5, 0.6) is 0 Å². The Kier molecular flexibility index (Phi) is 3.51. The second-order valence-corrected chi connectivity index (χ2v) is 6.07. The fraction of sp³-hybridized carbons (Fsp3) is 0.700. The Bertz CT molecular complexity index is 369. The number of rotatable bonds is 3. The molecule has 2 heterocycles. The van der Waals surface area contributed by atoms with Crippen LogP contribution < -0.4 is 5.32 Å². The highest BCUT2D eigenvalue weighted by molar-refractivity contribution is 7.15. The van der Waals surface area contributed by atoms with E-state index in [1.165, 1.54) is 11.3 Å². The smallest absolute Gasteiger partial charge is 0.183 e. The summed E-state index contributed by atoms with van der Waals surface area (Å²) in [6, 6.07) is 0.172. The summed E-state index contributed by atoms with van der Waals surface area (Å²) in [5, 5.41) is 13.3. The molecule has 0 radical (unpaired) electrons. The average Bonchev–Trinajstić information content (AvgIpc) is 2.73. The van der Waals surface area contributed by atoms with E-state index in [2.05, 4.69) is 10.3 Å². The second-order valence-electron chi connectivity index (χ2n) is 4.43. The molecular formula is C10H15ClN2O2S. The Morgan fingerprint density at radius 1 is 1.81 bits per heavy atom. The summed E-state index contributed by atoms with van der Waals surface area (Å²) in [7, 11) is 0. The van der Waals surface area contributed by atoms with Crippen molar-refractivity contribution in [2.24, 2.45) is 0 Å². The molecule has 16 heavy (non-hydrogen) atoms. The molecule has 1 aromatic rings. The summed E-state index contributed by atoms with van der Waals surface area (Å²) in [6.45, 7) is 4.57. The minimum atomic E-state index is -0.528. The molecule has 4 nitrogen and oxygen atoms in total. The lowest BCUT2D eigenvalue weighted by Gasteiger charge is -2.19. The van der Waals surface area contributed by atoms with Gasteiger partial charge in [0.2, 0.25) is 0 Å². The first kappa shape index (κ1) is 12.3. The van der Waals surface area contributed by atoms with E-state index < -0.39 is 6.10 Å². The van der Waals surface area contributed by atoms with Gasteiger partial charge in [-0.2, -0.15) is 0 Å². The lowest BCUT2D eigenvalue weighted by atomic mass is 10.1. The minimum Gasteiger partial charge on any atom is -0.387 e. The van der Waals surface area contributed by atoms with Crippen molar-refractivity contribution in [1.29, 1.82) is 0 Å². The maximum absolute atomic E-state index is 9.98. The number of nitrogens with zero attached hydrogens (tertiary/aromatic N) is 1. The number of aliphatic hydroxyl groups is 1. The van der Waals surface area contributed by atoms with E-state index in [0.29, 0.717) is 17.5 Å². The van der Waals surface area contributed by atoms with Crippen LogP contribution in [0, 0.1) is 0 Å². The quantitative estimate of drug-likeness (QED) is 0.874. The Morgan fingerprint density at radius 2 is 2.56 bits per heavy atom. The fourth-order valence-electron chi connectivity index (χ4n) is 1.81. The standard InChI is InChI=1S/C10H15ClN2O2S/c1-10(2)13-6(5-15-10)3-7(14)8-4-12-9(11)16-8/h4,6-7,13-14H,3,5H2,1-2H3/t6-,7+/m0/s1. The van der Waals surface area contributed by atoms with Crippen molar-refractivity contribution in [1.82, 2.24) is 10.3 Å². The maximum Gasteiger partial charge on any atom is 0.183 e. The van der Waals surface area contributed by atoms with Crippen molar-refractivity contribution in [2.75, 3.05) is 6.61 Å². The summed E-state index contributed by atoms with van der Waals surface area (Å²) >= 11 is 7.04. The molecule has 0 amide bonds. The molecule has 0 aromatic carbocycles. The summed E-state index contributed by atoms with van der Waals surface area (Å²) in [4.78, 5) is 4.72. The van der Waals surface area contributed by atoms with E-state index in [0.717, 1.165) is 4.88 Å². The van der Waals surface area contributed by atoms with Crippen molar-refractivity contribution in [3.63, 3.8) is 0 Å². The predicted molar refractivity (Wildman–Crippen MR) is 63.7 cm³/mol.